The van der Waals surface area contributed by atoms with E-state index < -0.39 is 17.8 Å². The molecule has 1 fully saturated rings. The summed E-state index contributed by atoms with van der Waals surface area (Å²) in [6.45, 7) is 9.57. The monoisotopic (exact) mass is 632 g/mol. The third-order valence-electron chi connectivity index (χ3n) is 8.27. The quantitative estimate of drug-likeness (QED) is 0.209. The second kappa shape index (κ2) is 14.8. The molecule has 46 heavy (non-hydrogen) atoms. The van der Waals surface area contributed by atoms with Gasteiger partial charge in [0.15, 0.2) is 11.6 Å². The molecular weight excluding hydrogens is 587 g/mol. The Bertz CT molecular complexity index is 1510. The Labute approximate surface area is 270 Å². The van der Waals surface area contributed by atoms with Crippen LogP contribution in [0, 0.1) is 11.2 Å². The Hall–Kier alpha value is -4.34. The maximum atomic E-state index is 15.2. The summed E-state index contributed by atoms with van der Waals surface area (Å²) in [6, 6.07) is 15.4. The summed E-state index contributed by atoms with van der Waals surface area (Å²) in [5.74, 6) is 0.202. The normalized spacial score (nSPS) is 15.3. The van der Waals surface area contributed by atoms with Crippen molar-refractivity contribution in [3.05, 3.63) is 82.8 Å². The summed E-state index contributed by atoms with van der Waals surface area (Å²) < 4.78 is 26.7. The zero-order chi connectivity index (χ0) is 32.7. The SMILES string of the molecule is CC(C)(C)COc1ccc(CCOc2ccc([C@H](CC(=O)O)N3CCN(CCCc4ccc5c(n4)NCCC5)C3=O)cc2F)cc1. The number of urea groups is 1. The number of halogens is 1. The minimum absolute atomic E-state index is 0.0723. The maximum absolute atomic E-state index is 15.2. The van der Waals surface area contributed by atoms with Gasteiger partial charge in [0.25, 0.3) is 0 Å². The van der Waals surface area contributed by atoms with Gasteiger partial charge in [-0.25, -0.2) is 14.2 Å². The minimum atomic E-state index is -1.06. The van der Waals surface area contributed by atoms with Crippen molar-refractivity contribution >= 4 is 17.8 Å². The topological polar surface area (TPSA) is 104 Å². The predicted octanol–water partition coefficient (Wildman–Crippen LogP) is 6.51. The van der Waals surface area contributed by atoms with Gasteiger partial charge in [-0.05, 0) is 78.1 Å². The van der Waals surface area contributed by atoms with E-state index in [2.05, 4.69) is 38.2 Å². The lowest BCUT2D eigenvalue weighted by Crippen LogP contribution is -2.36. The predicted molar refractivity (Wildman–Crippen MR) is 175 cm³/mol. The van der Waals surface area contributed by atoms with Crippen LogP contribution in [0.25, 0.3) is 0 Å². The smallest absolute Gasteiger partial charge is 0.320 e. The Morgan fingerprint density at radius 1 is 1.07 bits per heavy atom. The molecule has 5 rings (SSSR count). The first-order valence-corrected chi connectivity index (χ1v) is 16.2. The highest BCUT2D eigenvalue weighted by Crippen LogP contribution is 2.31. The van der Waals surface area contributed by atoms with Gasteiger partial charge < -0.3 is 29.7 Å². The summed E-state index contributed by atoms with van der Waals surface area (Å²) in [5, 5.41) is 13.0. The van der Waals surface area contributed by atoms with Crippen LogP contribution in [0.2, 0.25) is 0 Å². The number of ether oxygens (including phenoxy) is 2. The molecule has 2 aromatic carbocycles. The average molecular weight is 633 g/mol. The molecular formula is C36H45FN4O5. The van der Waals surface area contributed by atoms with Crippen molar-refractivity contribution in [2.45, 2.75) is 65.3 Å². The highest BCUT2D eigenvalue weighted by atomic mass is 19.1. The molecule has 2 N–H and O–H groups in total. The number of aromatic nitrogens is 1. The van der Waals surface area contributed by atoms with Gasteiger partial charge in [-0.1, -0.05) is 45.0 Å². The molecule has 1 saturated heterocycles. The van der Waals surface area contributed by atoms with Crippen molar-refractivity contribution in [3.63, 3.8) is 0 Å². The summed E-state index contributed by atoms with van der Waals surface area (Å²) >= 11 is 0. The number of carboxylic acids is 1. The number of fused-ring (bicyclic) bond motifs is 1. The lowest BCUT2D eigenvalue weighted by molar-refractivity contribution is -0.138. The molecule has 0 aliphatic carbocycles. The summed E-state index contributed by atoms with van der Waals surface area (Å²) in [7, 11) is 0. The number of amides is 2. The highest BCUT2D eigenvalue weighted by molar-refractivity contribution is 5.78. The lowest BCUT2D eigenvalue weighted by Gasteiger charge is -2.27. The Kier molecular flexibility index (Phi) is 10.7. The highest BCUT2D eigenvalue weighted by Gasteiger charge is 2.35. The molecule has 0 unspecified atom stereocenters. The summed E-state index contributed by atoms with van der Waals surface area (Å²) in [5.41, 5.74) is 3.76. The first kappa shape index (κ1) is 33.0. The van der Waals surface area contributed by atoms with Crippen LogP contribution in [0.1, 0.15) is 68.5 Å². The van der Waals surface area contributed by atoms with Crippen LogP contribution in [-0.4, -0.2) is 71.3 Å². The van der Waals surface area contributed by atoms with Gasteiger partial charge in [-0.15, -0.1) is 0 Å². The number of benzene rings is 2. The molecule has 3 aromatic rings. The number of hydrogen-bond donors (Lipinski definition) is 2. The van der Waals surface area contributed by atoms with E-state index in [4.69, 9.17) is 14.5 Å². The maximum Gasteiger partial charge on any atom is 0.320 e. The molecule has 246 valence electrons. The van der Waals surface area contributed by atoms with Crippen LogP contribution in [0.15, 0.2) is 54.6 Å². The van der Waals surface area contributed by atoms with Crippen molar-refractivity contribution in [1.82, 2.24) is 14.8 Å². The van der Waals surface area contributed by atoms with Crippen molar-refractivity contribution in [1.29, 1.82) is 0 Å². The molecule has 2 aliphatic rings. The number of anilines is 1. The van der Waals surface area contributed by atoms with Crippen molar-refractivity contribution < 1.29 is 28.6 Å². The van der Waals surface area contributed by atoms with E-state index in [1.807, 2.05) is 24.3 Å². The molecule has 0 radical (unpaired) electrons. The first-order chi connectivity index (χ1) is 22.1. The zero-order valence-corrected chi connectivity index (χ0v) is 27.1. The van der Waals surface area contributed by atoms with Crippen LogP contribution >= 0.6 is 0 Å². The van der Waals surface area contributed by atoms with E-state index in [-0.39, 0.29) is 30.2 Å². The fourth-order valence-electron chi connectivity index (χ4n) is 5.80. The van der Waals surface area contributed by atoms with E-state index in [1.165, 1.54) is 17.7 Å². The van der Waals surface area contributed by atoms with Crippen molar-refractivity contribution in [2.75, 3.05) is 44.7 Å². The Balaban J connectivity index is 1.14. The molecule has 1 aromatic heterocycles. The van der Waals surface area contributed by atoms with Crippen LogP contribution < -0.4 is 14.8 Å². The van der Waals surface area contributed by atoms with E-state index in [9.17, 15) is 14.7 Å². The van der Waals surface area contributed by atoms with Crippen LogP contribution in [0.5, 0.6) is 11.5 Å². The largest absolute Gasteiger partial charge is 0.493 e. The van der Waals surface area contributed by atoms with E-state index >= 15 is 4.39 Å². The van der Waals surface area contributed by atoms with E-state index in [0.29, 0.717) is 38.2 Å². The number of aliphatic carboxylic acids is 1. The van der Waals surface area contributed by atoms with Gasteiger partial charge in [0.05, 0.1) is 25.7 Å². The number of nitrogens with one attached hydrogen (secondary N) is 1. The molecule has 10 heteroatoms. The van der Waals surface area contributed by atoms with Gasteiger partial charge in [0.1, 0.15) is 11.6 Å². The lowest BCUT2D eigenvalue weighted by atomic mass is 9.99. The number of carbonyl (C=O) groups is 2. The molecule has 1 atom stereocenters. The number of pyridine rings is 1. The molecule has 0 bridgehead atoms. The van der Waals surface area contributed by atoms with Gasteiger partial charge in [-0.2, -0.15) is 0 Å². The fourth-order valence-corrected chi connectivity index (χ4v) is 5.80. The second-order valence-corrected chi connectivity index (χ2v) is 13.3. The van der Waals surface area contributed by atoms with Crippen molar-refractivity contribution in [2.24, 2.45) is 5.41 Å². The molecule has 0 saturated carbocycles. The zero-order valence-electron chi connectivity index (χ0n) is 27.1. The summed E-state index contributed by atoms with van der Waals surface area (Å²) in [6.07, 6.45) is 3.89. The number of hydrogen-bond acceptors (Lipinski definition) is 6. The standard InChI is InChI=1S/C36H45FN4O5/c1-36(2,3)24-46-29-13-8-25(9-14-29)16-21-45-32-15-11-27(22-30(32)37)31(23-33(42)43)41-20-19-40(35(41)44)18-5-7-28-12-10-26-6-4-17-38-34(26)39-28/h8-15,22,31H,4-7,16-21,23-24H2,1-3H3,(H,38,39)(H,42,43)/t31-/m0/s1. The Morgan fingerprint density at radius 2 is 1.87 bits per heavy atom. The molecule has 3 heterocycles. The van der Waals surface area contributed by atoms with Crippen LogP contribution in [0.4, 0.5) is 15.0 Å². The number of nitrogens with zero attached hydrogens (tertiary/aromatic N) is 3. The number of rotatable bonds is 14. The van der Waals surface area contributed by atoms with Gasteiger partial charge in [0, 0.05) is 38.3 Å². The van der Waals surface area contributed by atoms with Gasteiger partial charge in [-0.3, -0.25) is 4.79 Å². The van der Waals surface area contributed by atoms with E-state index in [0.717, 1.165) is 55.1 Å². The Morgan fingerprint density at radius 3 is 2.61 bits per heavy atom. The molecule has 2 aliphatic heterocycles. The number of carboxylic acid groups (broad SMARTS) is 1. The third kappa shape index (κ3) is 8.89. The van der Waals surface area contributed by atoms with Gasteiger partial charge >= 0.3 is 12.0 Å². The third-order valence-corrected chi connectivity index (χ3v) is 8.27. The van der Waals surface area contributed by atoms with E-state index in [1.54, 1.807) is 15.9 Å². The minimum Gasteiger partial charge on any atom is -0.493 e. The average Bonchev–Trinajstić information content (AvgIpc) is 3.39. The van der Waals surface area contributed by atoms with Crippen molar-refractivity contribution in [3.8, 4) is 11.5 Å². The molecule has 2 amide bonds. The van der Waals surface area contributed by atoms with Crippen LogP contribution in [-0.2, 0) is 24.1 Å². The summed E-state index contributed by atoms with van der Waals surface area (Å²) in [4.78, 5) is 33.2. The van der Waals surface area contributed by atoms with Gasteiger partial charge in [0.2, 0.25) is 0 Å². The number of aryl methyl sites for hydroxylation is 2. The number of carbonyl (C=O) groups excluding carboxylic acids is 1. The second-order valence-electron chi connectivity index (χ2n) is 13.3. The molecule has 0 spiro atoms. The molecule has 9 nitrogen and oxygen atoms in total. The fraction of sp³-hybridized carbons (Fsp3) is 0.472. The van der Waals surface area contributed by atoms with Crippen LogP contribution in [0.3, 0.4) is 0 Å². The first-order valence-electron chi connectivity index (χ1n) is 16.2.